The third kappa shape index (κ3) is 4.76. The molecule has 0 atom stereocenters. The highest BCUT2D eigenvalue weighted by molar-refractivity contribution is 5.91. The van der Waals surface area contributed by atoms with Gasteiger partial charge in [-0.15, -0.1) is 0 Å². The summed E-state index contributed by atoms with van der Waals surface area (Å²) in [6, 6.07) is 13.0. The number of carbonyl (C=O) groups is 1. The summed E-state index contributed by atoms with van der Waals surface area (Å²) in [7, 11) is 3.11. The van der Waals surface area contributed by atoms with Crippen molar-refractivity contribution in [3.8, 4) is 22.8 Å². The van der Waals surface area contributed by atoms with Crippen molar-refractivity contribution in [2.45, 2.75) is 6.54 Å². The van der Waals surface area contributed by atoms with Crippen LogP contribution in [0.5, 0.6) is 11.5 Å². The van der Waals surface area contributed by atoms with Gasteiger partial charge in [-0.25, -0.2) is 4.39 Å². The van der Waals surface area contributed by atoms with Crippen LogP contribution in [0.25, 0.3) is 17.4 Å². The van der Waals surface area contributed by atoms with Crippen molar-refractivity contribution in [3.05, 3.63) is 71.7 Å². The molecule has 0 spiro atoms. The van der Waals surface area contributed by atoms with Crippen molar-refractivity contribution in [3.63, 3.8) is 0 Å². The summed E-state index contributed by atoms with van der Waals surface area (Å²) in [5.74, 6) is 1.11. The minimum absolute atomic E-state index is 0.208. The predicted molar refractivity (Wildman–Crippen MR) is 102 cm³/mol. The van der Waals surface area contributed by atoms with E-state index in [0.717, 1.165) is 5.56 Å². The molecule has 28 heavy (non-hydrogen) atoms. The van der Waals surface area contributed by atoms with Gasteiger partial charge in [0.25, 0.3) is 0 Å². The summed E-state index contributed by atoms with van der Waals surface area (Å²) in [4.78, 5) is 12.0. The van der Waals surface area contributed by atoms with Gasteiger partial charge in [-0.1, -0.05) is 11.2 Å². The summed E-state index contributed by atoms with van der Waals surface area (Å²) in [6.45, 7) is 0.208. The Morgan fingerprint density at radius 2 is 1.86 bits per heavy atom. The molecule has 144 valence electrons. The first-order chi connectivity index (χ1) is 13.6. The van der Waals surface area contributed by atoms with Gasteiger partial charge in [0.15, 0.2) is 17.3 Å². The average Bonchev–Trinajstić information content (AvgIpc) is 3.20. The van der Waals surface area contributed by atoms with E-state index in [9.17, 15) is 9.18 Å². The number of nitrogens with zero attached hydrogens (tertiary/aromatic N) is 1. The first-order valence-electron chi connectivity index (χ1n) is 8.48. The molecule has 0 radical (unpaired) electrons. The summed E-state index contributed by atoms with van der Waals surface area (Å²) >= 11 is 0. The van der Waals surface area contributed by atoms with Gasteiger partial charge in [0.05, 0.1) is 20.8 Å². The second-order valence-electron chi connectivity index (χ2n) is 5.85. The van der Waals surface area contributed by atoms with Crippen LogP contribution in [0.15, 0.2) is 59.1 Å². The molecule has 1 heterocycles. The van der Waals surface area contributed by atoms with Crippen LogP contribution in [-0.2, 0) is 11.3 Å². The average molecular weight is 382 g/mol. The van der Waals surface area contributed by atoms with Gasteiger partial charge in [-0.3, -0.25) is 4.79 Å². The molecule has 0 saturated heterocycles. The van der Waals surface area contributed by atoms with Crippen LogP contribution in [0.4, 0.5) is 4.39 Å². The monoisotopic (exact) mass is 382 g/mol. The van der Waals surface area contributed by atoms with Gasteiger partial charge in [0, 0.05) is 17.7 Å². The lowest BCUT2D eigenvalue weighted by atomic mass is 10.1. The number of amides is 1. The molecule has 0 fully saturated rings. The van der Waals surface area contributed by atoms with Crippen molar-refractivity contribution < 1.29 is 23.2 Å². The molecule has 1 amide bonds. The Balaban J connectivity index is 1.57. The number of halogens is 1. The van der Waals surface area contributed by atoms with Gasteiger partial charge in [-0.05, 0) is 48.0 Å². The van der Waals surface area contributed by atoms with Crippen LogP contribution in [0, 0.1) is 5.82 Å². The highest BCUT2D eigenvalue weighted by Gasteiger charge is 2.08. The highest BCUT2D eigenvalue weighted by Crippen LogP contribution is 2.28. The summed E-state index contributed by atoms with van der Waals surface area (Å²) in [6.07, 6.45) is 3.09. The first-order valence-corrected chi connectivity index (χ1v) is 8.48. The Morgan fingerprint density at radius 3 is 2.57 bits per heavy atom. The number of hydrogen-bond acceptors (Lipinski definition) is 5. The molecule has 1 N–H and O–H groups in total. The molecule has 0 unspecified atom stereocenters. The fourth-order valence-electron chi connectivity index (χ4n) is 2.51. The lowest BCUT2D eigenvalue weighted by molar-refractivity contribution is -0.116. The van der Waals surface area contributed by atoms with Crippen LogP contribution >= 0.6 is 0 Å². The van der Waals surface area contributed by atoms with Crippen molar-refractivity contribution >= 4 is 12.0 Å². The molecule has 0 bridgehead atoms. The molecule has 1 aromatic heterocycles. The van der Waals surface area contributed by atoms with Crippen molar-refractivity contribution in [1.29, 1.82) is 0 Å². The minimum atomic E-state index is -0.322. The number of ether oxygens (including phenoxy) is 2. The second kappa shape index (κ2) is 8.85. The standard InChI is InChI=1S/C21H19FN2O4/c1-26-18-9-3-14(11-20(18)27-2)4-10-21(25)23-13-17-12-19(28-24-17)15-5-7-16(22)8-6-15/h3-12H,13H2,1-2H3,(H,23,25). The minimum Gasteiger partial charge on any atom is -0.493 e. The second-order valence-corrected chi connectivity index (χ2v) is 5.85. The lowest BCUT2D eigenvalue weighted by Gasteiger charge is -2.07. The highest BCUT2D eigenvalue weighted by atomic mass is 19.1. The summed E-state index contributed by atoms with van der Waals surface area (Å²) in [5, 5.41) is 6.64. The summed E-state index contributed by atoms with van der Waals surface area (Å²) in [5.41, 5.74) is 2.07. The Labute approximate surface area is 161 Å². The van der Waals surface area contributed by atoms with E-state index >= 15 is 0 Å². The third-order valence-corrected chi connectivity index (χ3v) is 3.97. The molecule has 3 rings (SSSR count). The fourth-order valence-corrected chi connectivity index (χ4v) is 2.51. The number of rotatable bonds is 7. The number of methoxy groups -OCH3 is 2. The van der Waals surface area contributed by atoms with Crippen molar-refractivity contribution in [1.82, 2.24) is 10.5 Å². The van der Waals surface area contributed by atoms with Gasteiger partial charge >= 0.3 is 0 Å². The smallest absolute Gasteiger partial charge is 0.244 e. The number of hydrogen-bond donors (Lipinski definition) is 1. The number of carbonyl (C=O) groups excluding carboxylic acids is 1. The van der Waals surface area contributed by atoms with E-state index in [1.165, 1.54) is 18.2 Å². The molecule has 0 saturated carbocycles. The quantitative estimate of drug-likeness (QED) is 0.629. The molecule has 3 aromatic rings. The maximum atomic E-state index is 13.0. The van der Waals surface area contributed by atoms with Gasteiger partial charge in [0.2, 0.25) is 5.91 Å². The molecule has 2 aromatic carbocycles. The van der Waals surface area contributed by atoms with E-state index in [1.54, 1.807) is 50.6 Å². The number of nitrogens with one attached hydrogen (secondary N) is 1. The molecule has 0 aliphatic carbocycles. The Kier molecular flexibility index (Phi) is 6.06. The third-order valence-electron chi connectivity index (χ3n) is 3.97. The Morgan fingerprint density at radius 1 is 1.11 bits per heavy atom. The number of benzene rings is 2. The fraction of sp³-hybridized carbons (Fsp3) is 0.143. The topological polar surface area (TPSA) is 73.6 Å². The lowest BCUT2D eigenvalue weighted by Crippen LogP contribution is -2.20. The zero-order chi connectivity index (χ0) is 19.9. The molecule has 6 nitrogen and oxygen atoms in total. The Bertz CT molecular complexity index is 980. The Hall–Kier alpha value is -3.61. The zero-order valence-corrected chi connectivity index (χ0v) is 15.4. The van der Waals surface area contributed by atoms with Crippen LogP contribution < -0.4 is 14.8 Å². The maximum Gasteiger partial charge on any atom is 0.244 e. The van der Waals surface area contributed by atoms with Crippen molar-refractivity contribution in [2.75, 3.05) is 14.2 Å². The van der Waals surface area contributed by atoms with E-state index in [1.807, 2.05) is 6.07 Å². The van der Waals surface area contributed by atoms with Crippen LogP contribution in [0.1, 0.15) is 11.3 Å². The zero-order valence-electron chi connectivity index (χ0n) is 15.4. The van der Waals surface area contributed by atoms with Crippen LogP contribution in [-0.4, -0.2) is 25.3 Å². The molecule has 0 aliphatic rings. The molecule has 0 aliphatic heterocycles. The largest absolute Gasteiger partial charge is 0.493 e. The van der Waals surface area contributed by atoms with E-state index in [2.05, 4.69) is 10.5 Å². The first kappa shape index (κ1) is 19.2. The molecular weight excluding hydrogens is 363 g/mol. The van der Waals surface area contributed by atoms with Crippen LogP contribution in [0.3, 0.4) is 0 Å². The normalized spacial score (nSPS) is 10.8. The van der Waals surface area contributed by atoms with E-state index in [0.29, 0.717) is 28.5 Å². The summed E-state index contributed by atoms with van der Waals surface area (Å²) < 4.78 is 28.6. The van der Waals surface area contributed by atoms with E-state index < -0.39 is 0 Å². The van der Waals surface area contributed by atoms with Gasteiger partial charge in [-0.2, -0.15) is 0 Å². The van der Waals surface area contributed by atoms with Gasteiger partial charge in [0.1, 0.15) is 11.5 Å². The SMILES string of the molecule is COc1ccc(C=CC(=O)NCc2cc(-c3ccc(F)cc3)on2)cc1OC. The maximum absolute atomic E-state index is 13.0. The van der Waals surface area contributed by atoms with E-state index in [4.69, 9.17) is 14.0 Å². The number of aromatic nitrogens is 1. The van der Waals surface area contributed by atoms with E-state index in [-0.39, 0.29) is 18.3 Å². The molecule has 7 heteroatoms. The van der Waals surface area contributed by atoms with Crippen molar-refractivity contribution in [2.24, 2.45) is 0 Å². The predicted octanol–water partition coefficient (Wildman–Crippen LogP) is 3.83. The van der Waals surface area contributed by atoms with Gasteiger partial charge < -0.3 is 19.3 Å². The van der Waals surface area contributed by atoms with Crippen LogP contribution in [0.2, 0.25) is 0 Å². The molecular formula is C21H19FN2O4.